The summed E-state index contributed by atoms with van der Waals surface area (Å²) in [6, 6.07) is 8.36. The minimum atomic E-state index is -0.997. The summed E-state index contributed by atoms with van der Waals surface area (Å²) < 4.78 is 7.08. The molecular weight excluding hydrogens is 446 g/mol. The minimum Gasteiger partial charge on any atom is -0.479 e. The first-order chi connectivity index (χ1) is 16.8. The van der Waals surface area contributed by atoms with Gasteiger partial charge in [-0.15, -0.1) is 0 Å². The molecule has 192 valence electrons. The normalized spacial score (nSPS) is 11.8. The molecule has 0 aliphatic carbocycles. The third-order valence-corrected chi connectivity index (χ3v) is 5.86. The third kappa shape index (κ3) is 8.53. The number of ether oxygens (including phenoxy) is 1. The minimum absolute atomic E-state index is 0.0832. The van der Waals surface area contributed by atoms with Gasteiger partial charge in [0.15, 0.2) is 6.10 Å². The van der Waals surface area contributed by atoms with E-state index in [1.165, 1.54) is 10.6 Å². The average molecular weight is 486 g/mol. The molecule has 1 unspecified atom stereocenters. The zero-order valence-electron chi connectivity index (χ0n) is 21.5. The number of amides is 1. The van der Waals surface area contributed by atoms with E-state index in [2.05, 4.69) is 11.9 Å². The molecule has 0 saturated heterocycles. The molecule has 0 bridgehead atoms. The number of hydrogen-bond donors (Lipinski definition) is 1. The second kappa shape index (κ2) is 14.3. The first-order valence-corrected chi connectivity index (χ1v) is 12.7. The Morgan fingerprint density at radius 3 is 2.34 bits per heavy atom. The van der Waals surface area contributed by atoms with Crippen LogP contribution in [0.15, 0.2) is 35.1 Å². The highest BCUT2D eigenvalue weighted by atomic mass is 16.5. The molecule has 1 heterocycles. The number of aliphatic carboxylic acids is 1. The second-order valence-corrected chi connectivity index (χ2v) is 8.78. The van der Waals surface area contributed by atoms with Crippen LogP contribution < -0.4 is 15.2 Å². The zero-order chi connectivity index (χ0) is 25.8. The van der Waals surface area contributed by atoms with Gasteiger partial charge in [-0.3, -0.25) is 14.2 Å². The highest BCUT2D eigenvalue weighted by Crippen LogP contribution is 2.22. The Hall–Kier alpha value is -3.16. The van der Waals surface area contributed by atoms with Crippen LogP contribution in [0.1, 0.15) is 77.2 Å². The molecule has 1 aromatic carbocycles. The van der Waals surface area contributed by atoms with Crippen LogP contribution in [0.4, 0.5) is 5.69 Å². The fourth-order valence-corrected chi connectivity index (χ4v) is 3.97. The second-order valence-electron chi connectivity index (χ2n) is 8.78. The van der Waals surface area contributed by atoms with Crippen molar-refractivity contribution in [3.05, 3.63) is 52.2 Å². The lowest BCUT2D eigenvalue weighted by Gasteiger charge is -2.24. The van der Waals surface area contributed by atoms with E-state index in [1.54, 1.807) is 36.1 Å². The number of carboxylic acids is 1. The zero-order valence-corrected chi connectivity index (χ0v) is 21.5. The van der Waals surface area contributed by atoms with Gasteiger partial charge in [0.25, 0.3) is 5.56 Å². The Morgan fingerprint density at radius 1 is 1.06 bits per heavy atom. The summed E-state index contributed by atoms with van der Waals surface area (Å²) in [5.41, 5.74) is 1.10. The third-order valence-electron chi connectivity index (χ3n) is 5.86. The predicted octanol–water partition coefficient (Wildman–Crippen LogP) is 4.75. The maximum absolute atomic E-state index is 13.4. The van der Waals surface area contributed by atoms with Gasteiger partial charge in [0.2, 0.25) is 5.91 Å². The number of carboxylic acid groups (broad SMARTS) is 1. The molecule has 1 amide bonds. The Bertz CT molecular complexity index is 1020. The van der Waals surface area contributed by atoms with Crippen LogP contribution in [0.3, 0.4) is 0 Å². The Labute approximate surface area is 207 Å². The lowest BCUT2D eigenvalue weighted by atomic mass is 10.1. The summed E-state index contributed by atoms with van der Waals surface area (Å²) in [4.78, 5) is 43.5. The van der Waals surface area contributed by atoms with Gasteiger partial charge in [-0.2, -0.15) is 0 Å². The molecule has 0 radical (unpaired) electrons. The van der Waals surface area contributed by atoms with Crippen LogP contribution in [0.25, 0.3) is 0 Å². The number of benzene rings is 1. The summed E-state index contributed by atoms with van der Waals surface area (Å²) in [6.07, 6.45) is 6.04. The van der Waals surface area contributed by atoms with Crippen LogP contribution in [-0.4, -0.2) is 39.2 Å². The lowest BCUT2D eigenvalue weighted by molar-refractivity contribution is -0.145. The van der Waals surface area contributed by atoms with E-state index in [0.29, 0.717) is 48.8 Å². The largest absolute Gasteiger partial charge is 0.479 e. The maximum Gasteiger partial charge on any atom is 0.344 e. The van der Waals surface area contributed by atoms with E-state index >= 15 is 0 Å². The fraction of sp³-hybridized carbons (Fsp3) is 0.556. The van der Waals surface area contributed by atoms with Crippen molar-refractivity contribution in [3.8, 4) is 5.75 Å². The molecule has 1 aromatic heterocycles. The number of aromatic nitrogens is 2. The Balaban J connectivity index is 2.24. The van der Waals surface area contributed by atoms with Gasteiger partial charge in [0, 0.05) is 30.4 Å². The van der Waals surface area contributed by atoms with Gasteiger partial charge < -0.3 is 14.7 Å². The Kier molecular flexibility index (Phi) is 11.5. The first kappa shape index (κ1) is 28.1. The number of carbonyl (C=O) groups is 2. The molecule has 8 nitrogen and oxygen atoms in total. The van der Waals surface area contributed by atoms with Crippen molar-refractivity contribution in [2.45, 2.75) is 91.7 Å². The van der Waals surface area contributed by atoms with Gasteiger partial charge in [0.05, 0.1) is 0 Å². The van der Waals surface area contributed by atoms with Gasteiger partial charge >= 0.3 is 5.97 Å². The number of aryl methyl sites for hydroxylation is 2. The molecule has 2 aromatic rings. The van der Waals surface area contributed by atoms with Crippen molar-refractivity contribution < 1.29 is 19.4 Å². The number of rotatable bonds is 15. The van der Waals surface area contributed by atoms with Crippen molar-refractivity contribution in [1.29, 1.82) is 0 Å². The summed E-state index contributed by atoms with van der Waals surface area (Å²) in [7, 11) is 0. The monoisotopic (exact) mass is 485 g/mol. The molecule has 0 aliphatic rings. The highest BCUT2D eigenvalue weighted by Gasteiger charge is 2.20. The van der Waals surface area contributed by atoms with Crippen molar-refractivity contribution in [3.63, 3.8) is 0 Å². The van der Waals surface area contributed by atoms with Crippen LogP contribution in [-0.2, 0) is 22.6 Å². The SMILES string of the molecule is CCCCCCCN(C(=O)Cn1c(CC)nc(C)cc1=O)c1ccc(OC(CCC)C(=O)O)cc1. The predicted molar refractivity (Wildman–Crippen MR) is 137 cm³/mol. The number of anilines is 1. The van der Waals surface area contributed by atoms with E-state index in [-0.39, 0.29) is 18.0 Å². The maximum atomic E-state index is 13.4. The highest BCUT2D eigenvalue weighted by molar-refractivity contribution is 5.93. The van der Waals surface area contributed by atoms with Gasteiger partial charge in [-0.25, -0.2) is 9.78 Å². The van der Waals surface area contributed by atoms with E-state index in [9.17, 15) is 19.5 Å². The molecule has 0 spiro atoms. The summed E-state index contributed by atoms with van der Waals surface area (Å²) in [5, 5.41) is 9.35. The number of nitrogens with zero attached hydrogens (tertiary/aromatic N) is 3. The molecule has 35 heavy (non-hydrogen) atoms. The fourth-order valence-electron chi connectivity index (χ4n) is 3.97. The first-order valence-electron chi connectivity index (χ1n) is 12.7. The van der Waals surface area contributed by atoms with Gasteiger partial charge in [-0.1, -0.05) is 52.9 Å². The van der Waals surface area contributed by atoms with Crippen LogP contribution >= 0.6 is 0 Å². The van der Waals surface area contributed by atoms with Gasteiger partial charge in [0.1, 0.15) is 18.1 Å². The number of carbonyl (C=O) groups excluding carboxylic acids is 1. The number of hydrogen-bond acceptors (Lipinski definition) is 5. The van der Waals surface area contributed by atoms with Crippen molar-refractivity contribution in [1.82, 2.24) is 9.55 Å². The quantitative estimate of drug-likeness (QED) is 0.365. The van der Waals surface area contributed by atoms with Crippen LogP contribution in [0.5, 0.6) is 5.75 Å². The molecule has 0 aliphatic heterocycles. The number of unbranched alkanes of at least 4 members (excludes halogenated alkanes) is 4. The molecule has 2 rings (SSSR count). The van der Waals surface area contributed by atoms with Gasteiger partial charge in [-0.05, 0) is 44.0 Å². The van der Waals surface area contributed by atoms with E-state index in [4.69, 9.17) is 4.74 Å². The molecule has 8 heteroatoms. The summed E-state index contributed by atoms with van der Waals surface area (Å²) >= 11 is 0. The van der Waals surface area contributed by atoms with E-state index < -0.39 is 12.1 Å². The molecule has 1 atom stereocenters. The van der Waals surface area contributed by atoms with Crippen LogP contribution in [0, 0.1) is 6.92 Å². The molecular formula is C27H39N3O5. The van der Waals surface area contributed by atoms with Crippen molar-refractivity contribution in [2.24, 2.45) is 0 Å². The van der Waals surface area contributed by atoms with Crippen molar-refractivity contribution >= 4 is 17.6 Å². The van der Waals surface area contributed by atoms with Crippen molar-refractivity contribution in [2.75, 3.05) is 11.4 Å². The summed E-state index contributed by atoms with van der Waals surface area (Å²) in [6.45, 7) is 8.20. The van der Waals surface area contributed by atoms with Crippen LogP contribution in [0.2, 0.25) is 0 Å². The van der Waals surface area contributed by atoms with E-state index in [1.807, 2.05) is 13.8 Å². The Morgan fingerprint density at radius 2 is 1.74 bits per heavy atom. The van der Waals surface area contributed by atoms with E-state index in [0.717, 1.165) is 32.1 Å². The lowest BCUT2D eigenvalue weighted by Crippen LogP contribution is -2.38. The molecule has 1 N–H and O–H groups in total. The molecule has 0 fully saturated rings. The molecule has 0 saturated carbocycles. The average Bonchev–Trinajstić information content (AvgIpc) is 2.83. The summed E-state index contributed by atoms with van der Waals surface area (Å²) in [5.74, 6) is -0.155. The topological polar surface area (TPSA) is 102 Å². The standard InChI is InChI=1S/C27H39N3O5/c1-5-8-9-10-11-17-29(26(32)19-30-24(7-3)28-20(4)18-25(30)31)21-13-15-22(16-14-21)35-23(12-6-2)27(33)34/h13-16,18,23H,5-12,17,19H2,1-4H3,(H,33,34). The smallest absolute Gasteiger partial charge is 0.344 e.